The van der Waals surface area contributed by atoms with Crippen LogP contribution in [0.3, 0.4) is 0 Å². The molecule has 0 bridgehead atoms. The number of fused-ring (bicyclic) bond motifs is 2. The van der Waals surface area contributed by atoms with Crippen molar-refractivity contribution in [3.8, 4) is 0 Å². The number of ketones is 2. The van der Waals surface area contributed by atoms with Crippen molar-refractivity contribution < 1.29 is 14.4 Å². The molecule has 176 valence electrons. The fourth-order valence-electron chi connectivity index (χ4n) is 3.91. The van der Waals surface area contributed by atoms with Crippen LogP contribution in [0.15, 0.2) is 82.2 Å². The van der Waals surface area contributed by atoms with Crippen LogP contribution in [0.5, 0.6) is 0 Å². The molecule has 0 atom stereocenters. The zero-order chi connectivity index (χ0) is 25.3. The van der Waals surface area contributed by atoms with Gasteiger partial charge in [0, 0.05) is 27.9 Å². The van der Waals surface area contributed by atoms with Crippen molar-refractivity contribution in [3.63, 3.8) is 0 Å². The molecule has 0 aliphatic heterocycles. The zero-order valence-corrected chi connectivity index (χ0v) is 18.5. The van der Waals surface area contributed by atoms with Gasteiger partial charge in [-0.1, -0.05) is 36.4 Å². The summed E-state index contributed by atoms with van der Waals surface area (Å²) >= 11 is 0. The summed E-state index contributed by atoms with van der Waals surface area (Å²) in [5.74, 6) is -1.40. The summed E-state index contributed by atoms with van der Waals surface area (Å²) < 4.78 is 2.20. The normalized spacial score (nSPS) is 12.0. The highest BCUT2D eigenvalue weighted by atomic mass is 16.2. The molecule has 10 heteroatoms. The monoisotopic (exact) mass is 472 g/mol. The van der Waals surface area contributed by atoms with E-state index in [1.807, 2.05) is 0 Å². The Labute approximate surface area is 198 Å². The van der Waals surface area contributed by atoms with Gasteiger partial charge in [0.25, 0.3) is 0 Å². The van der Waals surface area contributed by atoms with Gasteiger partial charge in [-0.05, 0) is 18.2 Å². The fourth-order valence-corrected chi connectivity index (χ4v) is 3.91. The molecule has 10 nitrogen and oxygen atoms in total. The average Bonchev–Trinajstić information content (AvgIpc) is 2.85. The first-order valence-electron chi connectivity index (χ1n) is 10.6. The quantitative estimate of drug-likeness (QED) is 0.399. The van der Waals surface area contributed by atoms with E-state index < -0.39 is 29.5 Å². The highest BCUT2D eigenvalue weighted by Crippen LogP contribution is 2.29. The minimum absolute atomic E-state index is 0.136. The number of anilines is 1. The van der Waals surface area contributed by atoms with Crippen molar-refractivity contribution in [2.45, 2.75) is 19.6 Å². The van der Waals surface area contributed by atoms with Gasteiger partial charge in [0.1, 0.15) is 6.54 Å². The van der Waals surface area contributed by atoms with Gasteiger partial charge in [-0.25, -0.2) is 28.1 Å². The number of rotatable bonds is 7. The zero-order valence-electron chi connectivity index (χ0n) is 18.5. The summed E-state index contributed by atoms with van der Waals surface area (Å²) in [6.45, 7) is 6.01. The SMILES string of the molecule is C=CCn1c(=O)n(CC=C)c(=O)n(CC(=O)Nc2ccc3c(c2)C(=O)c2ccccc2C3=O)c1=O. The highest BCUT2D eigenvalue weighted by molar-refractivity contribution is 6.28. The van der Waals surface area contributed by atoms with E-state index in [4.69, 9.17) is 0 Å². The lowest BCUT2D eigenvalue weighted by Gasteiger charge is -2.18. The van der Waals surface area contributed by atoms with Crippen molar-refractivity contribution in [3.05, 3.63) is 121 Å². The molecule has 1 amide bonds. The number of carbonyl (C=O) groups is 3. The Kier molecular flexibility index (Phi) is 6.11. The van der Waals surface area contributed by atoms with Gasteiger partial charge in [-0.2, -0.15) is 0 Å². The fraction of sp³-hybridized carbons (Fsp3) is 0.120. The first-order chi connectivity index (χ1) is 16.8. The predicted molar refractivity (Wildman–Crippen MR) is 128 cm³/mol. The third-order valence-electron chi connectivity index (χ3n) is 5.52. The highest BCUT2D eigenvalue weighted by Gasteiger charge is 2.29. The van der Waals surface area contributed by atoms with E-state index in [0.717, 1.165) is 9.13 Å². The van der Waals surface area contributed by atoms with Crippen LogP contribution >= 0.6 is 0 Å². The molecule has 0 radical (unpaired) electrons. The summed E-state index contributed by atoms with van der Waals surface area (Å²) in [7, 11) is 0. The molecule has 1 aliphatic carbocycles. The molecule has 1 aliphatic rings. The van der Waals surface area contributed by atoms with Crippen LogP contribution in [-0.4, -0.2) is 31.2 Å². The summed E-state index contributed by atoms with van der Waals surface area (Å²) in [5.41, 5.74) is -1.62. The number of carbonyl (C=O) groups excluding carboxylic acids is 3. The van der Waals surface area contributed by atoms with Crippen LogP contribution in [0, 0.1) is 0 Å². The second-order valence-corrected chi connectivity index (χ2v) is 7.74. The van der Waals surface area contributed by atoms with Gasteiger partial charge in [-0.3, -0.25) is 14.4 Å². The minimum atomic E-state index is -0.960. The molecule has 0 spiro atoms. The van der Waals surface area contributed by atoms with Gasteiger partial charge >= 0.3 is 17.1 Å². The Morgan fingerprint density at radius 1 is 0.714 bits per heavy atom. The number of nitrogens with one attached hydrogen (secondary N) is 1. The second-order valence-electron chi connectivity index (χ2n) is 7.74. The van der Waals surface area contributed by atoms with Crippen LogP contribution in [0.1, 0.15) is 31.8 Å². The molecule has 1 aromatic heterocycles. The standard InChI is InChI=1S/C25H20N4O6/c1-3-11-27-23(33)28(12-4-2)25(35)29(24(27)34)14-20(30)26-15-9-10-18-19(13-15)22(32)17-8-6-5-7-16(17)21(18)31/h3-10,13H,1-2,11-12,14H2,(H,26,30). The molecule has 3 aromatic rings. The lowest BCUT2D eigenvalue weighted by atomic mass is 9.84. The van der Waals surface area contributed by atoms with E-state index in [1.54, 1.807) is 24.3 Å². The number of hydrogen-bond donors (Lipinski definition) is 1. The van der Waals surface area contributed by atoms with Gasteiger partial charge < -0.3 is 5.32 Å². The lowest BCUT2D eigenvalue weighted by molar-refractivity contribution is -0.116. The molecule has 0 saturated heterocycles. The number of benzene rings is 2. The first kappa shape index (κ1) is 23.3. The number of nitrogens with zero attached hydrogens (tertiary/aromatic N) is 3. The Bertz CT molecular complexity index is 1560. The van der Waals surface area contributed by atoms with Crippen molar-refractivity contribution in [1.29, 1.82) is 0 Å². The predicted octanol–water partition coefficient (Wildman–Crippen LogP) is 0.958. The molecule has 0 saturated carbocycles. The van der Waals surface area contributed by atoms with E-state index >= 15 is 0 Å². The number of allylic oxidation sites excluding steroid dienone is 2. The molecular formula is C25H20N4O6. The Morgan fingerprint density at radius 2 is 1.20 bits per heavy atom. The van der Waals surface area contributed by atoms with E-state index in [-0.39, 0.29) is 47.0 Å². The molecule has 35 heavy (non-hydrogen) atoms. The number of aromatic nitrogens is 3. The third-order valence-corrected chi connectivity index (χ3v) is 5.52. The smallest absolute Gasteiger partial charge is 0.325 e. The summed E-state index contributed by atoms with van der Waals surface area (Å²) in [6.07, 6.45) is 2.64. The maximum absolute atomic E-state index is 12.9. The van der Waals surface area contributed by atoms with Crippen LogP contribution < -0.4 is 22.4 Å². The van der Waals surface area contributed by atoms with Gasteiger partial charge in [0.05, 0.1) is 13.1 Å². The van der Waals surface area contributed by atoms with Gasteiger partial charge in [0.2, 0.25) is 5.91 Å². The average molecular weight is 472 g/mol. The Hall–Kier alpha value is -4.86. The molecular weight excluding hydrogens is 452 g/mol. The molecule has 2 aromatic carbocycles. The van der Waals surface area contributed by atoms with Crippen LogP contribution in [0.4, 0.5) is 5.69 Å². The Balaban J connectivity index is 1.66. The first-order valence-corrected chi connectivity index (χ1v) is 10.6. The van der Waals surface area contributed by atoms with Crippen molar-refractivity contribution >= 4 is 23.2 Å². The summed E-state index contributed by atoms with van der Waals surface area (Å²) in [6, 6.07) is 10.7. The van der Waals surface area contributed by atoms with Crippen molar-refractivity contribution in [1.82, 2.24) is 13.7 Å². The van der Waals surface area contributed by atoms with E-state index in [1.165, 1.54) is 30.4 Å². The number of amides is 1. The molecule has 1 heterocycles. The van der Waals surface area contributed by atoms with Crippen molar-refractivity contribution in [2.75, 3.05) is 5.32 Å². The Morgan fingerprint density at radius 3 is 1.74 bits per heavy atom. The van der Waals surface area contributed by atoms with Crippen LogP contribution in [-0.2, 0) is 24.4 Å². The summed E-state index contributed by atoms with van der Waals surface area (Å²) in [5, 5.41) is 2.53. The molecule has 4 rings (SSSR count). The van der Waals surface area contributed by atoms with E-state index in [0.29, 0.717) is 10.1 Å². The largest absolute Gasteiger partial charge is 0.337 e. The van der Waals surface area contributed by atoms with Crippen LogP contribution in [0.25, 0.3) is 0 Å². The second kappa shape index (κ2) is 9.18. The topological polar surface area (TPSA) is 129 Å². The summed E-state index contributed by atoms with van der Waals surface area (Å²) in [4.78, 5) is 76.2. The maximum atomic E-state index is 12.9. The van der Waals surface area contributed by atoms with Gasteiger partial charge in [0.15, 0.2) is 11.6 Å². The minimum Gasteiger partial charge on any atom is -0.325 e. The van der Waals surface area contributed by atoms with Crippen molar-refractivity contribution in [2.24, 2.45) is 0 Å². The molecule has 1 N–H and O–H groups in total. The van der Waals surface area contributed by atoms with E-state index in [9.17, 15) is 28.8 Å². The van der Waals surface area contributed by atoms with Gasteiger partial charge in [-0.15, -0.1) is 13.2 Å². The molecule has 0 unspecified atom stereocenters. The van der Waals surface area contributed by atoms with Crippen LogP contribution in [0.2, 0.25) is 0 Å². The third kappa shape index (κ3) is 4.01. The van der Waals surface area contributed by atoms with E-state index in [2.05, 4.69) is 18.5 Å². The number of hydrogen-bond acceptors (Lipinski definition) is 6. The maximum Gasteiger partial charge on any atom is 0.337 e. The molecule has 0 fully saturated rings. The lowest BCUT2D eigenvalue weighted by Crippen LogP contribution is -2.55.